The summed E-state index contributed by atoms with van der Waals surface area (Å²) < 4.78 is 4.90. The molecule has 0 spiro atoms. The largest absolute Gasteiger partial charge is 0.469 e. The van der Waals surface area contributed by atoms with Gasteiger partial charge in [0.1, 0.15) is 0 Å². The Balaban J connectivity index is 1.69. The van der Waals surface area contributed by atoms with E-state index in [9.17, 15) is 4.79 Å². The average Bonchev–Trinajstić information content (AvgIpc) is 2.59. The minimum atomic E-state index is -0.0691. The van der Waals surface area contributed by atoms with E-state index in [1.54, 1.807) is 0 Å². The highest BCUT2D eigenvalue weighted by molar-refractivity contribution is 5.73. The molecule has 0 saturated carbocycles. The smallest absolute Gasteiger partial charge is 0.309 e. The first-order valence-corrected chi connectivity index (χ1v) is 7.98. The van der Waals surface area contributed by atoms with Gasteiger partial charge in [-0.2, -0.15) is 0 Å². The van der Waals surface area contributed by atoms with Crippen molar-refractivity contribution in [3.05, 3.63) is 70.8 Å². The van der Waals surface area contributed by atoms with E-state index >= 15 is 0 Å². The molecule has 114 valence electrons. The highest BCUT2D eigenvalue weighted by Crippen LogP contribution is 2.27. The summed E-state index contributed by atoms with van der Waals surface area (Å²) >= 11 is 0. The predicted octanol–water partition coefficient (Wildman–Crippen LogP) is 3.75. The Hall–Kier alpha value is -2.09. The maximum atomic E-state index is 11.8. The van der Waals surface area contributed by atoms with Crippen molar-refractivity contribution in [2.45, 2.75) is 32.1 Å². The lowest BCUT2D eigenvalue weighted by Gasteiger charge is -2.23. The van der Waals surface area contributed by atoms with E-state index in [2.05, 4.69) is 48.5 Å². The molecule has 0 aliphatic heterocycles. The Morgan fingerprint density at radius 3 is 2.59 bits per heavy atom. The molecule has 0 bridgehead atoms. The normalized spacial score (nSPS) is 16.9. The van der Waals surface area contributed by atoms with Crippen molar-refractivity contribution in [2.24, 2.45) is 5.92 Å². The lowest BCUT2D eigenvalue weighted by molar-refractivity contribution is -0.145. The first-order chi connectivity index (χ1) is 10.8. The van der Waals surface area contributed by atoms with E-state index in [0.717, 1.165) is 32.1 Å². The van der Waals surface area contributed by atoms with Crippen LogP contribution >= 0.6 is 0 Å². The van der Waals surface area contributed by atoms with Crippen LogP contribution in [0, 0.1) is 5.92 Å². The summed E-state index contributed by atoms with van der Waals surface area (Å²) in [6.07, 6.45) is 4.80. The standard InChI is InChI=1S/C20H22O2/c1-22-20(21)18-12-11-17-10-9-16(13-19(17)14-18)8-7-15-5-3-2-4-6-15/h2-6,9-10,13,18H,7-8,11-12,14H2,1H3. The lowest BCUT2D eigenvalue weighted by Crippen LogP contribution is -2.23. The van der Waals surface area contributed by atoms with Gasteiger partial charge in [-0.15, -0.1) is 0 Å². The minimum Gasteiger partial charge on any atom is -0.469 e. The van der Waals surface area contributed by atoms with Crippen molar-refractivity contribution in [3.63, 3.8) is 0 Å². The summed E-state index contributed by atoms with van der Waals surface area (Å²) in [5, 5.41) is 0. The molecule has 0 amide bonds. The Morgan fingerprint density at radius 1 is 1.05 bits per heavy atom. The molecule has 2 nitrogen and oxygen atoms in total. The summed E-state index contributed by atoms with van der Waals surface area (Å²) in [6.45, 7) is 0. The fourth-order valence-electron chi connectivity index (χ4n) is 3.27. The number of esters is 1. The lowest BCUT2D eigenvalue weighted by atomic mass is 9.83. The van der Waals surface area contributed by atoms with Crippen molar-refractivity contribution in [1.29, 1.82) is 0 Å². The molecule has 0 aromatic heterocycles. The van der Waals surface area contributed by atoms with Crippen LogP contribution in [-0.2, 0) is 35.2 Å². The van der Waals surface area contributed by atoms with Gasteiger partial charge in [-0.1, -0.05) is 48.5 Å². The molecule has 0 N–H and O–H groups in total. The maximum absolute atomic E-state index is 11.8. The fourth-order valence-corrected chi connectivity index (χ4v) is 3.27. The molecule has 3 rings (SSSR count). The third kappa shape index (κ3) is 3.38. The molecule has 2 aromatic rings. The third-order valence-corrected chi connectivity index (χ3v) is 4.58. The van der Waals surface area contributed by atoms with E-state index in [-0.39, 0.29) is 11.9 Å². The Bertz CT molecular complexity index is 646. The van der Waals surface area contributed by atoms with Gasteiger partial charge in [-0.05, 0) is 54.4 Å². The van der Waals surface area contributed by atoms with E-state index in [1.165, 1.54) is 29.4 Å². The van der Waals surface area contributed by atoms with Crippen molar-refractivity contribution in [3.8, 4) is 0 Å². The monoisotopic (exact) mass is 294 g/mol. The summed E-state index contributed by atoms with van der Waals surface area (Å²) in [6, 6.07) is 17.3. The second kappa shape index (κ2) is 6.78. The molecule has 0 heterocycles. The van der Waals surface area contributed by atoms with Crippen molar-refractivity contribution in [2.75, 3.05) is 7.11 Å². The molecular weight excluding hydrogens is 272 g/mol. The quantitative estimate of drug-likeness (QED) is 0.803. The van der Waals surface area contributed by atoms with Crippen molar-refractivity contribution in [1.82, 2.24) is 0 Å². The predicted molar refractivity (Wildman–Crippen MR) is 87.8 cm³/mol. The van der Waals surface area contributed by atoms with Crippen LogP contribution in [0.3, 0.4) is 0 Å². The van der Waals surface area contributed by atoms with Crippen LogP contribution < -0.4 is 0 Å². The number of carbonyl (C=O) groups excluding carboxylic acids is 1. The van der Waals surface area contributed by atoms with Gasteiger partial charge in [0.2, 0.25) is 0 Å². The van der Waals surface area contributed by atoms with Gasteiger partial charge in [0.05, 0.1) is 13.0 Å². The molecule has 0 radical (unpaired) electrons. The van der Waals surface area contributed by atoms with E-state index < -0.39 is 0 Å². The number of aryl methyl sites for hydroxylation is 3. The van der Waals surface area contributed by atoms with E-state index in [4.69, 9.17) is 4.74 Å². The fraction of sp³-hybridized carbons (Fsp3) is 0.350. The second-order valence-electron chi connectivity index (χ2n) is 6.05. The van der Waals surface area contributed by atoms with Crippen LogP contribution in [-0.4, -0.2) is 13.1 Å². The summed E-state index contributed by atoms with van der Waals surface area (Å²) in [5.74, 6) is -0.0396. The van der Waals surface area contributed by atoms with Crippen LogP contribution in [0.5, 0.6) is 0 Å². The highest BCUT2D eigenvalue weighted by atomic mass is 16.5. The highest BCUT2D eigenvalue weighted by Gasteiger charge is 2.25. The number of hydrogen-bond donors (Lipinski definition) is 0. The SMILES string of the molecule is COC(=O)C1CCc2ccc(CCc3ccccc3)cc2C1. The number of benzene rings is 2. The van der Waals surface area contributed by atoms with Gasteiger partial charge < -0.3 is 4.74 Å². The molecule has 1 atom stereocenters. The number of rotatable bonds is 4. The van der Waals surface area contributed by atoms with E-state index in [1.807, 2.05) is 0 Å². The summed E-state index contributed by atoms with van der Waals surface area (Å²) in [5.41, 5.74) is 5.44. The van der Waals surface area contributed by atoms with E-state index in [0.29, 0.717) is 0 Å². The Morgan fingerprint density at radius 2 is 1.82 bits per heavy atom. The summed E-state index contributed by atoms with van der Waals surface area (Å²) in [4.78, 5) is 11.8. The minimum absolute atomic E-state index is 0.0295. The van der Waals surface area contributed by atoms with Gasteiger partial charge in [0, 0.05) is 0 Å². The zero-order chi connectivity index (χ0) is 15.4. The number of fused-ring (bicyclic) bond motifs is 1. The van der Waals surface area contributed by atoms with Gasteiger partial charge in [-0.3, -0.25) is 4.79 Å². The molecule has 1 unspecified atom stereocenters. The zero-order valence-electron chi connectivity index (χ0n) is 13.0. The molecule has 22 heavy (non-hydrogen) atoms. The first-order valence-electron chi connectivity index (χ1n) is 7.98. The third-order valence-electron chi connectivity index (χ3n) is 4.58. The van der Waals surface area contributed by atoms with Gasteiger partial charge in [0.15, 0.2) is 0 Å². The molecule has 2 aromatic carbocycles. The maximum Gasteiger partial charge on any atom is 0.309 e. The molecule has 0 saturated heterocycles. The topological polar surface area (TPSA) is 26.3 Å². The van der Waals surface area contributed by atoms with Gasteiger partial charge >= 0.3 is 5.97 Å². The second-order valence-corrected chi connectivity index (χ2v) is 6.05. The number of carbonyl (C=O) groups is 1. The van der Waals surface area contributed by atoms with Crippen molar-refractivity contribution >= 4 is 5.97 Å². The Kier molecular flexibility index (Phi) is 4.57. The van der Waals surface area contributed by atoms with Crippen molar-refractivity contribution < 1.29 is 9.53 Å². The first kappa shape index (κ1) is 14.8. The van der Waals surface area contributed by atoms with Crippen LogP contribution in [0.1, 0.15) is 28.7 Å². The van der Waals surface area contributed by atoms with Crippen LogP contribution in [0.4, 0.5) is 0 Å². The number of methoxy groups -OCH3 is 1. The van der Waals surface area contributed by atoms with Crippen LogP contribution in [0.25, 0.3) is 0 Å². The van der Waals surface area contributed by atoms with Crippen LogP contribution in [0.2, 0.25) is 0 Å². The number of hydrogen-bond acceptors (Lipinski definition) is 2. The summed E-state index contributed by atoms with van der Waals surface area (Å²) in [7, 11) is 1.48. The zero-order valence-corrected chi connectivity index (χ0v) is 13.0. The van der Waals surface area contributed by atoms with Gasteiger partial charge in [-0.25, -0.2) is 0 Å². The molecular formula is C20H22O2. The van der Waals surface area contributed by atoms with Gasteiger partial charge in [0.25, 0.3) is 0 Å². The number of ether oxygens (including phenoxy) is 1. The molecule has 1 aliphatic carbocycles. The molecule has 0 fully saturated rings. The average molecular weight is 294 g/mol. The molecule has 2 heteroatoms. The molecule has 1 aliphatic rings. The Labute approximate surface area is 132 Å². The van der Waals surface area contributed by atoms with Crippen LogP contribution in [0.15, 0.2) is 48.5 Å².